The second kappa shape index (κ2) is 8.64. The van der Waals surface area contributed by atoms with Gasteiger partial charge in [-0.2, -0.15) is 0 Å². The fourth-order valence-corrected chi connectivity index (χ4v) is 2.78. The third kappa shape index (κ3) is 5.05. The minimum atomic E-state index is -0.257. The van der Waals surface area contributed by atoms with Crippen LogP contribution in [0.3, 0.4) is 0 Å². The summed E-state index contributed by atoms with van der Waals surface area (Å²) in [6.07, 6.45) is 1.57. The molecule has 0 aliphatic carbocycles. The number of hydrogen-bond donors (Lipinski definition) is 2. The van der Waals surface area contributed by atoms with Crippen LogP contribution in [0.5, 0.6) is 0 Å². The van der Waals surface area contributed by atoms with Crippen molar-refractivity contribution in [3.05, 3.63) is 82.6 Å². The van der Waals surface area contributed by atoms with E-state index in [-0.39, 0.29) is 5.91 Å². The van der Waals surface area contributed by atoms with E-state index < -0.39 is 0 Å². The van der Waals surface area contributed by atoms with Crippen LogP contribution in [0.4, 0.5) is 11.6 Å². The monoisotopic (exact) mass is 380 g/mol. The lowest BCUT2D eigenvalue weighted by molar-refractivity contribution is 0.0946. The molecule has 0 radical (unpaired) electrons. The molecule has 5 nitrogen and oxygen atoms in total. The Labute approximate surface area is 163 Å². The molecule has 0 spiro atoms. The van der Waals surface area contributed by atoms with E-state index in [4.69, 9.17) is 11.6 Å². The number of nitrogens with zero attached hydrogens (tertiary/aromatic N) is 2. The first-order chi connectivity index (χ1) is 13.0. The molecule has 27 heavy (non-hydrogen) atoms. The Morgan fingerprint density at radius 1 is 1.07 bits per heavy atom. The molecule has 0 unspecified atom stereocenters. The topological polar surface area (TPSA) is 66.9 Å². The summed E-state index contributed by atoms with van der Waals surface area (Å²) < 4.78 is 0. The van der Waals surface area contributed by atoms with Crippen molar-refractivity contribution in [1.82, 2.24) is 15.3 Å². The molecule has 1 aromatic heterocycles. The van der Waals surface area contributed by atoms with Crippen molar-refractivity contribution in [3.8, 4) is 0 Å². The highest BCUT2D eigenvalue weighted by molar-refractivity contribution is 6.30. The van der Waals surface area contributed by atoms with Gasteiger partial charge in [-0.15, -0.1) is 0 Å². The van der Waals surface area contributed by atoms with Crippen molar-refractivity contribution in [2.45, 2.75) is 26.3 Å². The molecular formula is C21H21ClN4O. The van der Waals surface area contributed by atoms with Crippen molar-refractivity contribution >= 4 is 29.1 Å². The van der Waals surface area contributed by atoms with Crippen LogP contribution in [0, 0.1) is 0 Å². The second-order valence-electron chi connectivity index (χ2n) is 6.44. The van der Waals surface area contributed by atoms with Crippen LogP contribution in [-0.4, -0.2) is 15.9 Å². The van der Waals surface area contributed by atoms with Gasteiger partial charge in [-0.3, -0.25) is 4.79 Å². The molecule has 0 saturated carbocycles. The zero-order valence-corrected chi connectivity index (χ0v) is 16.0. The molecule has 0 saturated heterocycles. The van der Waals surface area contributed by atoms with Gasteiger partial charge < -0.3 is 10.6 Å². The average molecular weight is 381 g/mol. The lowest BCUT2D eigenvalue weighted by atomic mass is 10.0. The van der Waals surface area contributed by atoms with Gasteiger partial charge in [-0.1, -0.05) is 55.8 Å². The molecular weight excluding hydrogens is 360 g/mol. The number of para-hydroxylation sites is 1. The van der Waals surface area contributed by atoms with Crippen LogP contribution in [0.15, 0.2) is 60.8 Å². The van der Waals surface area contributed by atoms with Gasteiger partial charge in [0.15, 0.2) is 0 Å². The summed E-state index contributed by atoms with van der Waals surface area (Å²) in [6, 6.07) is 16.9. The summed E-state index contributed by atoms with van der Waals surface area (Å²) >= 11 is 5.87. The van der Waals surface area contributed by atoms with E-state index >= 15 is 0 Å². The number of nitrogens with one attached hydrogen (secondary N) is 2. The molecule has 6 heteroatoms. The number of aromatic nitrogens is 2. The smallest absolute Gasteiger partial charge is 0.270 e. The lowest BCUT2D eigenvalue weighted by Gasteiger charge is -2.13. The lowest BCUT2D eigenvalue weighted by Crippen LogP contribution is -2.24. The molecule has 0 aliphatic heterocycles. The molecule has 138 valence electrons. The molecule has 2 aromatic carbocycles. The molecule has 0 bridgehead atoms. The minimum absolute atomic E-state index is 0.257. The second-order valence-corrected chi connectivity index (χ2v) is 6.88. The van der Waals surface area contributed by atoms with Crippen molar-refractivity contribution < 1.29 is 4.79 Å². The highest BCUT2D eigenvalue weighted by Crippen LogP contribution is 2.25. The highest BCUT2D eigenvalue weighted by atomic mass is 35.5. The van der Waals surface area contributed by atoms with Crippen molar-refractivity contribution in [1.29, 1.82) is 0 Å². The Morgan fingerprint density at radius 3 is 2.56 bits per heavy atom. The normalized spacial score (nSPS) is 10.7. The minimum Gasteiger partial charge on any atom is -0.347 e. The molecule has 0 aliphatic rings. The number of carbonyl (C=O) groups excluding carboxylic acids is 1. The maximum absolute atomic E-state index is 12.4. The third-order valence-electron chi connectivity index (χ3n) is 4.08. The number of carbonyl (C=O) groups is 1. The highest BCUT2D eigenvalue weighted by Gasteiger charge is 2.11. The zero-order valence-electron chi connectivity index (χ0n) is 15.2. The maximum atomic E-state index is 12.4. The van der Waals surface area contributed by atoms with Gasteiger partial charge in [0, 0.05) is 23.5 Å². The van der Waals surface area contributed by atoms with E-state index in [9.17, 15) is 4.79 Å². The van der Waals surface area contributed by atoms with E-state index in [0.29, 0.717) is 29.1 Å². The van der Waals surface area contributed by atoms with Gasteiger partial charge in [-0.25, -0.2) is 9.97 Å². The van der Waals surface area contributed by atoms with E-state index in [0.717, 1.165) is 11.3 Å². The number of amides is 1. The zero-order chi connectivity index (χ0) is 19.2. The Balaban J connectivity index is 1.70. The number of halogens is 1. The molecule has 0 atom stereocenters. The van der Waals surface area contributed by atoms with Gasteiger partial charge in [0.1, 0.15) is 5.69 Å². The summed E-state index contributed by atoms with van der Waals surface area (Å²) in [7, 11) is 0. The predicted molar refractivity (Wildman–Crippen MR) is 108 cm³/mol. The number of hydrogen-bond acceptors (Lipinski definition) is 4. The van der Waals surface area contributed by atoms with Crippen LogP contribution < -0.4 is 10.6 Å². The van der Waals surface area contributed by atoms with Gasteiger partial charge in [-0.05, 0) is 41.3 Å². The standard InChI is InChI=1S/C21H21ClN4O/c1-14(2)17-5-3-4-6-18(17)25-21-23-12-11-19(26-21)20(27)24-13-15-7-9-16(22)10-8-15/h3-12,14H,13H2,1-2H3,(H,24,27)(H,23,25,26). The molecule has 0 fully saturated rings. The summed E-state index contributed by atoms with van der Waals surface area (Å²) in [5.74, 6) is 0.495. The van der Waals surface area contributed by atoms with Crippen molar-refractivity contribution in [3.63, 3.8) is 0 Å². The predicted octanol–water partition coefficient (Wildman–Crippen LogP) is 4.93. The van der Waals surface area contributed by atoms with Gasteiger partial charge in [0.2, 0.25) is 5.95 Å². The van der Waals surface area contributed by atoms with Gasteiger partial charge in [0.05, 0.1) is 0 Å². The van der Waals surface area contributed by atoms with Crippen LogP contribution in [0.25, 0.3) is 0 Å². The summed E-state index contributed by atoms with van der Waals surface area (Å²) in [5, 5.41) is 6.73. The van der Waals surface area contributed by atoms with Crippen LogP contribution >= 0.6 is 11.6 Å². The van der Waals surface area contributed by atoms with E-state index in [1.807, 2.05) is 30.3 Å². The average Bonchev–Trinajstić information content (AvgIpc) is 2.68. The summed E-state index contributed by atoms with van der Waals surface area (Å²) in [4.78, 5) is 21.0. The van der Waals surface area contributed by atoms with Crippen molar-refractivity contribution in [2.24, 2.45) is 0 Å². The fourth-order valence-electron chi connectivity index (χ4n) is 2.66. The fraction of sp³-hybridized carbons (Fsp3) is 0.190. The van der Waals surface area contributed by atoms with E-state index in [1.54, 1.807) is 24.4 Å². The van der Waals surface area contributed by atoms with Crippen LogP contribution in [0.1, 0.15) is 41.4 Å². The first-order valence-electron chi connectivity index (χ1n) is 8.74. The van der Waals surface area contributed by atoms with E-state index in [2.05, 4.69) is 40.5 Å². The third-order valence-corrected chi connectivity index (χ3v) is 4.34. The first-order valence-corrected chi connectivity index (χ1v) is 9.12. The van der Waals surface area contributed by atoms with Gasteiger partial charge >= 0.3 is 0 Å². The number of benzene rings is 2. The number of rotatable bonds is 6. The van der Waals surface area contributed by atoms with Crippen LogP contribution in [0.2, 0.25) is 5.02 Å². The largest absolute Gasteiger partial charge is 0.347 e. The number of anilines is 2. The van der Waals surface area contributed by atoms with Gasteiger partial charge in [0.25, 0.3) is 5.91 Å². The van der Waals surface area contributed by atoms with E-state index in [1.165, 1.54) is 5.56 Å². The summed E-state index contributed by atoms with van der Waals surface area (Å²) in [5.41, 5.74) is 3.37. The molecule has 3 aromatic rings. The Bertz CT molecular complexity index is 925. The maximum Gasteiger partial charge on any atom is 0.270 e. The summed E-state index contributed by atoms with van der Waals surface area (Å²) in [6.45, 7) is 4.66. The molecule has 3 rings (SSSR count). The van der Waals surface area contributed by atoms with Crippen molar-refractivity contribution in [2.75, 3.05) is 5.32 Å². The molecule has 2 N–H and O–H groups in total. The SMILES string of the molecule is CC(C)c1ccccc1Nc1nccc(C(=O)NCc2ccc(Cl)cc2)n1. The Morgan fingerprint density at radius 2 is 1.81 bits per heavy atom. The molecule has 1 amide bonds. The first kappa shape index (κ1) is 18.9. The molecule has 1 heterocycles. The Kier molecular flexibility index (Phi) is 6.04. The quantitative estimate of drug-likeness (QED) is 0.636. The van der Waals surface area contributed by atoms with Crippen LogP contribution in [-0.2, 0) is 6.54 Å². The Hall–Kier alpha value is -2.92.